The average Bonchev–Trinajstić information content (AvgIpc) is 3.47. The van der Waals surface area contributed by atoms with Crippen LogP contribution in [-0.2, 0) is 6.42 Å². The Morgan fingerprint density at radius 3 is 2.77 bits per heavy atom. The lowest BCUT2D eigenvalue weighted by atomic mass is 9.85. The second-order valence-corrected chi connectivity index (χ2v) is 9.61. The van der Waals surface area contributed by atoms with Crippen LogP contribution in [0.5, 0.6) is 5.75 Å². The van der Waals surface area contributed by atoms with Crippen LogP contribution in [0, 0.1) is 5.92 Å². The number of carbonyl (C=O) groups is 1. The zero-order chi connectivity index (χ0) is 23.8. The summed E-state index contributed by atoms with van der Waals surface area (Å²) in [6.45, 7) is 0. The topological polar surface area (TPSA) is 83.1 Å². The van der Waals surface area contributed by atoms with Crippen LogP contribution in [0.15, 0.2) is 67.1 Å². The summed E-state index contributed by atoms with van der Waals surface area (Å²) in [5.74, 6) is 1.98. The van der Waals surface area contributed by atoms with Crippen LogP contribution < -0.4 is 10.1 Å². The SMILES string of the molecule is COc1cccc(Nc2ncccc2C(=O)N2[C@H]3CC[C@H]2CC(Cc2ccnc4[nH]ccc24)C3)c1. The zero-order valence-corrected chi connectivity index (χ0v) is 19.8. The molecule has 35 heavy (non-hydrogen) atoms. The Hall–Kier alpha value is -3.87. The fourth-order valence-corrected chi connectivity index (χ4v) is 5.95. The molecular weight excluding hydrogens is 438 g/mol. The van der Waals surface area contributed by atoms with E-state index in [1.165, 1.54) is 10.9 Å². The van der Waals surface area contributed by atoms with E-state index in [-0.39, 0.29) is 18.0 Å². The van der Waals surface area contributed by atoms with Gasteiger partial charge in [-0.3, -0.25) is 4.79 Å². The first-order valence-corrected chi connectivity index (χ1v) is 12.3. The number of hydrogen-bond acceptors (Lipinski definition) is 5. The van der Waals surface area contributed by atoms with Gasteiger partial charge in [0.05, 0.1) is 12.7 Å². The van der Waals surface area contributed by atoms with Gasteiger partial charge in [0.15, 0.2) is 0 Å². The highest BCUT2D eigenvalue weighted by atomic mass is 16.5. The summed E-state index contributed by atoms with van der Waals surface area (Å²) < 4.78 is 5.33. The van der Waals surface area contributed by atoms with Gasteiger partial charge in [0.25, 0.3) is 5.91 Å². The predicted molar refractivity (Wildman–Crippen MR) is 136 cm³/mol. The summed E-state index contributed by atoms with van der Waals surface area (Å²) in [7, 11) is 1.64. The van der Waals surface area contributed by atoms with Crippen LogP contribution in [0.3, 0.4) is 0 Å². The van der Waals surface area contributed by atoms with Gasteiger partial charge >= 0.3 is 0 Å². The monoisotopic (exact) mass is 467 g/mol. The van der Waals surface area contributed by atoms with Crippen molar-refractivity contribution in [3.63, 3.8) is 0 Å². The number of ether oxygens (including phenoxy) is 1. The molecule has 1 amide bonds. The van der Waals surface area contributed by atoms with Crippen LogP contribution in [0.2, 0.25) is 0 Å². The summed E-state index contributed by atoms with van der Waals surface area (Å²) >= 11 is 0. The third-order valence-corrected chi connectivity index (χ3v) is 7.49. The lowest BCUT2D eigenvalue weighted by molar-refractivity contribution is 0.0525. The van der Waals surface area contributed by atoms with E-state index in [0.717, 1.165) is 49.2 Å². The molecule has 6 rings (SSSR count). The standard InChI is InChI=1S/C28H29N5O2/c1-35-23-5-2-4-20(17-23)32-27-25(6-3-11-29-27)28(34)33-21-7-8-22(33)16-18(15-21)14-19-9-12-30-26-24(19)10-13-31-26/h2-6,9-13,17-18,21-22H,7-8,14-16H2,1H3,(H,29,32)(H,30,31)/t21-,22-/m0/s1. The molecule has 0 saturated carbocycles. The number of methoxy groups -OCH3 is 1. The Morgan fingerprint density at radius 1 is 1.09 bits per heavy atom. The number of hydrogen-bond donors (Lipinski definition) is 2. The first kappa shape index (κ1) is 21.6. The van der Waals surface area contributed by atoms with Crippen molar-refractivity contribution >= 4 is 28.4 Å². The van der Waals surface area contributed by atoms with Gasteiger partial charge in [-0.25, -0.2) is 9.97 Å². The van der Waals surface area contributed by atoms with Crippen LogP contribution in [0.1, 0.15) is 41.6 Å². The normalized spacial score (nSPS) is 21.3. The van der Waals surface area contributed by atoms with E-state index in [1.54, 1.807) is 13.3 Å². The molecule has 2 aliphatic rings. The Kier molecular flexibility index (Phi) is 5.60. The molecule has 4 aromatic rings. The molecule has 7 heteroatoms. The molecule has 0 unspecified atom stereocenters. The molecule has 2 saturated heterocycles. The Labute approximate surface area is 204 Å². The van der Waals surface area contributed by atoms with Gasteiger partial charge < -0.3 is 19.9 Å². The van der Waals surface area contributed by atoms with Crippen molar-refractivity contribution in [3.05, 3.63) is 78.2 Å². The number of aromatic nitrogens is 3. The van der Waals surface area contributed by atoms with E-state index in [1.807, 2.05) is 48.8 Å². The van der Waals surface area contributed by atoms with E-state index in [9.17, 15) is 4.79 Å². The number of nitrogens with zero attached hydrogens (tertiary/aromatic N) is 3. The predicted octanol–water partition coefficient (Wildman–Crippen LogP) is 5.34. The summed E-state index contributed by atoms with van der Waals surface area (Å²) in [4.78, 5) is 28.1. The highest BCUT2D eigenvalue weighted by molar-refractivity contribution is 6.00. The minimum absolute atomic E-state index is 0.0754. The van der Waals surface area contributed by atoms with Crippen LogP contribution in [-0.4, -0.2) is 45.0 Å². The molecule has 0 spiro atoms. The number of fused-ring (bicyclic) bond motifs is 3. The van der Waals surface area contributed by atoms with Gasteiger partial charge in [0.1, 0.15) is 17.2 Å². The number of piperidine rings is 1. The Morgan fingerprint density at radius 2 is 1.94 bits per heavy atom. The largest absolute Gasteiger partial charge is 0.497 e. The molecular formula is C28H29N5O2. The molecule has 0 aliphatic carbocycles. The zero-order valence-electron chi connectivity index (χ0n) is 19.8. The van der Waals surface area contributed by atoms with Crippen molar-refractivity contribution in [2.45, 2.75) is 44.2 Å². The number of benzene rings is 1. The first-order chi connectivity index (χ1) is 17.2. The van der Waals surface area contributed by atoms with Crippen molar-refractivity contribution in [1.29, 1.82) is 0 Å². The molecule has 2 atom stereocenters. The molecule has 2 fully saturated rings. The number of aromatic amines is 1. The fourth-order valence-electron chi connectivity index (χ4n) is 5.95. The Balaban J connectivity index is 1.20. The minimum Gasteiger partial charge on any atom is -0.497 e. The molecule has 1 aromatic carbocycles. The van der Waals surface area contributed by atoms with Gasteiger partial charge in [-0.15, -0.1) is 0 Å². The number of amides is 1. The van der Waals surface area contributed by atoms with E-state index >= 15 is 0 Å². The minimum atomic E-state index is 0.0754. The maximum atomic E-state index is 13.8. The number of nitrogens with one attached hydrogen (secondary N) is 2. The molecule has 2 N–H and O–H groups in total. The molecule has 3 aromatic heterocycles. The van der Waals surface area contributed by atoms with E-state index in [0.29, 0.717) is 17.3 Å². The summed E-state index contributed by atoms with van der Waals surface area (Å²) in [6.07, 6.45) is 10.8. The Bertz CT molecular complexity index is 1350. The number of H-pyrrole nitrogens is 1. The third-order valence-electron chi connectivity index (χ3n) is 7.49. The lowest BCUT2D eigenvalue weighted by Crippen LogP contribution is -2.47. The molecule has 2 aliphatic heterocycles. The highest BCUT2D eigenvalue weighted by Gasteiger charge is 2.43. The van der Waals surface area contributed by atoms with Gasteiger partial charge in [0, 0.05) is 47.8 Å². The van der Waals surface area contributed by atoms with Crippen molar-refractivity contribution in [2.75, 3.05) is 12.4 Å². The van der Waals surface area contributed by atoms with Crippen LogP contribution in [0.25, 0.3) is 11.0 Å². The van der Waals surface area contributed by atoms with E-state index in [2.05, 4.69) is 37.3 Å². The van der Waals surface area contributed by atoms with Gasteiger partial charge in [-0.2, -0.15) is 0 Å². The fraction of sp³-hybridized carbons (Fsp3) is 0.321. The van der Waals surface area contributed by atoms with E-state index in [4.69, 9.17) is 4.74 Å². The van der Waals surface area contributed by atoms with Crippen molar-refractivity contribution in [2.24, 2.45) is 5.92 Å². The first-order valence-electron chi connectivity index (χ1n) is 12.3. The summed E-state index contributed by atoms with van der Waals surface area (Å²) in [6, 6.07) is 16.2. The molecule has 178 valence electrons. The van der Waals surface area contributed by atoms with Crippen molar-refractivity contribution < 1.29 is 9.53 Å². The van der Waals surface area contributed by atoms with Crippen LogP contribution in [0.4, 0.5) is 11.5 Å². The highest BCUT2D eigenvalue weighted by Crippen LogP contribution is 2.41. The molecule has 7 nitrogen and oxygen atoms in total. The van der Waals surface area contributed by atoms with Crippen molar-refractivity contribution in [3.8, 4) is 5.75 Å². The average molecular weight is 468 g/mol. The van der Waals surface area contributed by atoms with E-state index < -0.39 is 0 Å². The van der Waals surface area contributed by atoms with Crippen molar-refractivity contribution in [1.82, 2.24) is 19.9 Å². The van der Waals surface area contributed by atoms with Gasteiger partial charge in [-0.05, 0) is 80.0 Å². The molecule has 2 bridgehead atoms. The molecule has 0 radical (unpaired) electrons. The number of pyridine rings is 2. The quantitative estimate of drug-likeness (QED) is 0.400. The second kappa shape index (κ2) is 9.06. The lowest BCUT2D eigenvalue weighted by Gasteiger charge is -2.39. The maximum Gasteiger partial charge on any atom is 0.258 e. The van der Waals surface area contributed by atoms with Gasteiger partial charge in [-0.1, -0.05) is 6.07 Å². The smallest absolute Gasteiger partial charge is 0.258 e. The second-order valence-electron chi connectivity index (χ2n) is 9.61. The summed E-state index contributed by atoms with van der Waals surface area (Å²) in [5, 5.41) is 4.54. The summed E-state index contributed by atoms with van der Waals surface area (Å²) in [5.41, 5.74) is 3.75. The van der Waals surface area contributed by atoms with Gasteiger partial charge in [0.2, 0.25) is 0 Å². The third kappa shape index (κ3) is 4.11. The number of carbonyl (C=O) groups excluding carboxylic acids is 1. The maximum absolute atomic E-state index is 13.8. The number of rotatable bonds is 6. The molecule has 5 heterocycles. The number of anilines is 2. The van der Waals surface area contributed by atoms with Crippen LogP contribution >= 0.6 is 0 Å².